The Hall–Kier alpha value is -4.01. The second kappa shape index (κ2) is 14.8. The number of sulfonamides is 1. The van der Waals surface area contributed by atoms with Crippen LogP contribution < -0.4 is 16.0 Å². The summed E-state index contributed by atoms with van der Waals surface area (Å²) in [6.45, 7) is 0.731. The van der Waals surface area contributed by atoms with Crippen LogP contribution in [0.25, 0.3) is 0 Å². The van der Waals surface area contributed by atoms with Crippen LogP contribution in [-0.2, 0) is 26.0 Å². The molecule has 3 aromatic carbocycles. The number of nitrogens with one attached hydrogen (secondary N) is 3. The Kier molecular flexibility index (Phi) is 10.8. The third kappa shape index (κ3) is 8.29. The molecule has 2 saturated heterocycles. The van der Waals surface area contributed by atoms with Gasteiger partial charge >= 0.3 is 6.09 Å². The van der Waals surface area contributed by atoms with Gasteiger partial charge in [0.1, 0.15) is 29.3 Å². The number of amides is 2. The van der Waals surface area contributed by atoms with Crippen molar-refractivity contribution in [2.24, 2.45) is 0 Å². The van der Waals surface area contributed by atoms with Crippen LogP contribution in [0.5, 0.6) is 0 Å². The molecule has 9 nitrogen and oxygen atoms in total. The molecule has 47 heavy (non-hydrogen) atoms. The van der Waals surface area contributed by atoms with Gasteiger partial charge in [0, 0.05) is 48.4 Å². The number of methoxy groups -OCH3 is 1. The van der Waals surface area contributed by atoms with Crippen LogP contribution in [0.2, 0.25) is 0 Å². The molecule has 0 spiro atoms. The van der Waals surface area contributed by atoms with E-state index in [1.807, 2.05) is 0 Å². The van der Waals surface area contributed by atoms with E-state index in [-0.39, 0.29) is 47.0 Å². The molecule has 2 amide bonds. The Morgan fingerprint density at radius 1 is 0.979 bits per heavy atom. The zero-order chi connectivity index (χ0) is 33.7. The maximum absolute atomic E-state index is 15.4. The highest BCUT2D eigenvalue weighted by Gasteiger charge is 2.37. The maximum Gasteiger partial charge on any atom is 0.407 e. The molecule has 1 unspecified atom stereocenters. The van der Waals surface area contributed by atoms with Crippen molar-refractivity contribution in [1.82, 2.24) is 14.9 Å². The first-order chi connectivity index (χ1) is 22.4. The SMILES string of the molecule is COC(=O)N[C@H](C(=O)Nc1cccc(F)c1CC[C@H]1CN[C@@H]2CCCCS(=O)(=O)N1C2)[C@@H](c1ccc(F)cc1)c1cc(F)cc(F)c1. The topological polar surface area (TPSA) is 117 Å². The molecular formula is C33H36F4N4O5S. The molecule has 0 radical (unpaired) electrons. The summed E-state index contributed by atoms with van der Waals surface area (Å²) in [5.41, 5.74) is 0.374. The number of rotatable bonds is 9. The van der Waals surface area contributed by atoms with Gasteiger partial charge in [0.05, 0.1) is 12.9 Å². The Bertz CT molecular complexity index is 1690. The van der Waals surface area contributed by atoms with Crippen molar-refractivity contribution >= 4 is 27.7 Å². The smallest absolute Gasteiger partial charge is 0.407 e. The molecule has 5 atom stereocenters. The fourth-order valence-electron chi connectivity index (χ4n) is 6.35. The van der Waals surface area contributed by atoms with E-state index in [0.29, 0.717) is 25.6 Å². The molecule has 14 heteroatoms. The summed E-state index contributed by atoms with van der Waals surface area (Å²) in [4.78, 5) is 26.5. The first-order valence-corrected chi connectivity index (χ1v) is 16.9. The van der Waals surface area contributed by atoms with Crippen LogP contribution in [0.4, 0.5) is 28.0 Å². The number of nitrogens with zero attached hydrogens (tertiary/aromatic N) is 1. The molecule has 5 rings (SSSR count). The molecule has 2 heterocycles. The largest absolute Gasteiger partial charge is 0.453 e. The molecular weight excluding hydrogens is 640 g/mol. The van der Waals surface area contributed by atoms with Gasteiger partial charge in [-0.1, -0.05) is 24.6 Å². The van der Waals surface area contributed by atoms with Crippen molar-refractivity contribution in [3.8, 4) is 0 Å². The third-order valence-electron chi connectivity index (χ3n) is 8.66. The lowest BCUT2D eigenvalue weighted by molar-refractivity contribution is -0.118. The van der Waals surface area contributed by atoms with E-state index >= 15 is 4.39 Å². The number of anilines is 1. The number of hydrogen-bond acceptors (Lipinski definition) is 6. The molecule has 2 bridgehead atoms. The average Bonchev–Trinajstić information content (AvgIpc) is 3.02. The minimum atomic E-state index is -3.50. The van der Waals surface area contributed by atoms with E-state index in [1.165, 1.54) is 34.6 Å². The standard InChI is InChI=1S/C33H36F4N4O5S/c1-46-33(43)40-31(30(20-8-10-22(34)11-9-20)21-15-23(35)17-24(36)16-21)32(42)39-29-7-4-6-28(37)27(29)13-12-26-18-38-25-5-2-3-14-47(44,45)41(26)19-25/h4,6-11,15-17,25-26,30-31,38H,2-3,5,12-14,18-19H2,1H3,(H,39,42)(H,40,43)/t25-,26+,30+,31+/m1/s1. The Morgan fingerprint density at radius 3 is 2.40 bits per heavy atom. The van der Waals surface area contributed by atoms with Crippen molar-refractivity contribution in [2.45, 2.75) is 56.1 Å². The Morgan fingerprint density at radius 2 is 1.70 bits per heavy atom. The lowest BCUT2D eigenvalue weighted by Crippen LogP contribution is -2.59. The predicted octanol–water partition coefficient (Wildman–Crippen LogP) is 4.83. The van der Waals surface area contributed by atoms with Gasteiger partial charge in [-0.2, -0.15) is 4.31 Å². The highest BCUT2D eigenvalue weighted by atomic mass is 32.2. The molecule has 3 aromatic rings. The predicted molar refractivity (Wildman–Crippen MR) is 167 cm³/mol. The van der Waals surface area contributed by atoms with Crippen molar-refractivity contribution < 1.29 is 40.3 Å². The van der Waals surface area contributed by atoms with Crippen molar-refractivity contribution in [3.05, 3.63) is 101 Å². The quantitative estimate of drug-likeness (QED) is 0.280. The van der Waals surface area contributed by atoms with Gasteiger partial charge in [0.15, 0.2) is 0 Å². The lowest BCUT2D eigenvalue weighted by atomic mass is 9.84. The van der Waals surface area contributed by atoms with E-state index in [0.717, 1.165) is 44.2 Å². The first-order valence-electron chi connectivity index (χ1n) is 15.3. The summed E-state index contributed by atoms with van der Waals surface area (Å²) in [6.07, 6.45) is 1.53. The molecule has 0 saturated carbocycles. The zero-order valence-corrected chi connectivity index (χ0v) is 26.5. The minimum absolute atomic E-state index is 0.0392. The van der Waals surface area contributed by atoms with Gasteiger partial charge in [0.25, 0.3) is 0 Å². The number of carbonyl (C=O) groups is 2. The number of halogens is 4. The summed E-state index contributed by atoms with van der Waals surface area (Å²) >= 11 is 0. The second-order valence-electron chi connectivity index (χ2n) is 11.8. The van der Waals surface area contributed by atoms with Crippen molar-refractivity contribution in [2.75, 3.05) is 31.3 Å². The highest BCUT2D eigenvalue weighted by molar-refractivity contribution is 7.89. The van der Waals surface area contributed by atoms with Crippen LogP contribution in [0, 0.1) is 23.3 Å². The van der Waals surface area contributed by atoms with Crippen LogP contribution in [0.1, 0.15) is 48.3 Å². The van der Waals surface area contributed by atoms with E-state index in [1.54, 1.807) is 0 Å². The van der Waals surface area contributed by atoms with E-state index < -0.39 is 63.3 Å². The number of hydrogen-bond donors (Lipinski definition) is 3. The molecule has 2 aliphatic rings. The molecule has 0 aliphatic carbocycles. The summed E-state index contributed by atoms with van der Waals surface area (Å²) < 4.78 is 90.4. The zero-order valence-electron chi connectivity index (χ0n) is 25.6. The molecule has 2 fully saturated rings. The average molecular weight is 677 g/mol. The highest BCUT2D eigenvalue weighted by Crippen LogP contribution is 2.32. The fraction of sp³-hybridized carbons (Fsp3) is 0.394. The van der Waals surface area contributed by atoms with Crippen LogP contribution in [-0.4, -0.2) is 68.8 Å². The number of alkyl carbamates (subject to hydrolysis) is 1. The maximum atomic E-state index is 15.4. The monoisotopic (exact) mass is 676 g/mol. The summed E-state index contributed by atoms with van der Waals surface area (Å²) in [5.74, 6) is -5.19. The third-order valence-corrected chi connectivity index (χ3v) is 10.6. The molecule has 0 aromatic heterocycles. The summed E-state index contributed by atoms with van der Waals surface area (Å²) in [5, 5.41) is 8.46. The fourth-order valence-corrected chi connectivity index (χ4v) is 8.19. The number of carbonyl (C=O) groups excluding carboxylic acids is 2. The molecule has 3 N–H and O–H groups in total. The lowest BCUT2D eigenvalue weighted by Gasteiger charge is -2.41. The van der Waals surface area contributed by atoms with Gasteiger partial charge in [0.2, 0.25) is 15.9 Å². The van der Waals surface area contributed by atoms with Crippen LogP contribution in [0.15, 0.2) is 60.7 Å². The van der Waals surface area contributed by atoms with Crippen LogP contribution in [0.3, 0.4) is 0 Å². The second-order valence-corrected chi connectivity index (χ2v) is 13.8. The van der Waals surface area contributed by atoms with Gasteiger partial charge < -0.3 is 20.7 Å². The number of ether oxygens (including phenoxy) is 1. The van der Waals surface area contributed by atoms with Gasteiger partial charge in [-0.3, -0.25) is 4.79 Å². The number of fused-ring (bicyclic) bond motifs is 2. The van der Waals surface area contributed by atoms with E-state index in [2.05, 4.69) is 16.0 Å². The van der Waals surface area contributed by atoms with Gasteiger partial charge in [-0.25, -0.2) is 30.8 Å². The minimum Gasteiger partial charge on any atom is -0.453 e. The van der Waals surface area contributed by atoms with Gasteiger partial charge in [-0.15, -0.1) is 0 Å². The number of benzene rings is 3. The summed E-state index contributed by atoms with van der Waals surface area (Å²) in [7, 11) is -2.44. The Labute approximate surface area is 270 Å². The van der Waals surface area contributed by atoms with Crippen molar-refractivity contribution in [1.29, 1.82) is 0 Å². The Balaban J connectivity index is 1.45. The number of piperazine rings is 1. The van der Waals surface area contributed by atoms with Crippen LogP contribution >= 0.6 is 0 Å². The summed E-state index contributed by atoms with van der Waals surface area (Å²) in [6, 6.07) is 9.56. The molecule has 2 aliphatic heterocycles. The van der Waals surface area contributed by atoms with E-state index in [4.69, 9.17) is 4.74 Å². The normalized spacial score (nSPS) is 21.9. The van der Waals surface area contributed by atoms with E-state index in [9.17, 15) is 31.2 Å². The molecule has 252 valence electrons. The van der Waals surface area contributed by atoms with Gasteiger partial charge in [-0.05, 0) is 73.2 Å². The van der Waals surface area contributed by atoms with Crippen molar-refractivity contribution in [3.63, 3.8) is 0 Å². The first kappa shape index (κ1) is 34.3.